The van der Waals surface area contributed by atoms with Crippen LogP contribution in [0.2, 0.25) is 0 Å². The molecule has 0 bridgehead atoms. The van der Waals surface area contributed by atoms with Gasteiger partial charge in [-0.3, -0.25) is 0 Å². The molecular weight excluding hydrogens is 328 g/mol. The van der Waals surface area contributed by atoms with Crippen LogP contribution < -0.4 is 4.74 Å². The van der Waals surface area contributed by atoms with Gasteiger partial charge < -0.3 is 9.26 Å². The van der Waals surface area contributed by atoms with Crippen molar-refractivity contribution in [3.05, 3.63) is 66.0 Å². The summed E-state index contributed by atoms with van der Waals surface area (Å²) in [4.78, 5) is 4.17. The molecule has 24 heavy (non-hydrogen) atoms. The third kappa shape index (κ3) is 3.99. The number of aromatic nitrogens is 2. The molecule has 0 aliphatic heterocycles. The van der Waals surface area contributed by atoms with Crippen LogP contribution in [0.3, 0.4) is 0 Å². The molecule has 0 N–H and O–H groups in total. The fraction of sp³-hybridized carbons (Fsp3) is 0.176. The van der Waals surface area contributed by atoms with Crippen molar-refractivity contribution in [3.63, 3.8) is 0 Å². The maximum atomic E-state index is 12.3. The SMILES string of the molecule is COc1ccc(-c2nc(CS(=O)(=O)Cc3ccccc3)no2)cc1. The van der Waals surface area contributed by atoms with Gasteiger partial charge in [0, 0.05) is 5.56 Å². The molecule has 1 heterocycles. The van der Waals surface area contributed by atoms with Crippen molar-refractivity contribution in [2.24, 2.45) is 0 Å². The maximum Gasteiger partial charge on any atom is 0.257 e. The van der Waals surface area contributed by atoms with Gasteiger partial charge in [-0.15, -0.1) is 0 Å². The molecule has 0 atom stereocenters. The van der Waals surface area contributed by atoms with Crippen LogP contribution in [0.5, 0.6) is 5.75 Å². The van der Waals surface area contributed by atoms with E-state index in [1.54, 1.807) is 55.6 Å². The quantitative estimate of drug-likeness (QED) is 0.684. The van der Waals surface area contributed by atoms with E-state index < -0.39 is 9.84 Å². The van der Waals surface area contributed by atoms with E-state index >= 15 is 0 Å². The third-order valence-electron chi connectivity index (χ3n) is 3.38. The summed E-state index contributed by atoms with van der Waals surface area (Å²) in [5.41, 5.74) is 1.44. The third-order valence-corrected chi connectivity index (χ3v) is 4.85. The van der Waals surface area contributed by atoms with Crippen molar-refractivity contribution >= 4 is 9.84 Å². The van der Waals surface area contributed by atoms with E-state index in [1.807, 2.05) is 6.07 Å². The first kappa shape index (κ1) is 16.2. The van der Waals surface area contributed by atoms with Crippen molar-refractivity contribution in [2.45, 2.75) is 11.5 Å². The fourth-order valence-electron chi connectivity index (χ4n) is 2.24. The normalized spacial score (nSPS) is 11.4. The van der Waals surface area contributed by atoms with E-state index in [-0.39, 0.29) is 23.2 Å². The Balaban J connectivity index is 1.73. The second-order valence-corrected chi connectivity index (χ2v) is 7.33. The van der Waals surface area contributed by atoms with Gasteiger partial charge in [0.1, 0.15) is 11.5 Å². The number of sulfone groups is 1. The number of ether oxygens (including phenoxy) is 1. The van der Waals surface area contributed by atoms with Crippen molar-refractivity contribution in [1.29, 1.82) is 0 Å². The van der Waals surface area contributed by atoms with Crippen LogP contribution in [-0.4, -0.2) is 25.7 Å². The van der Waals surface area contributed by atoms with Gasteiger partial charge in [0.25, 0.3) is 5.89 Å². The second-order valence-electron chi connectivity index (χ2n) is 5.26. The van der Waals surface area contributed by atoms with Gasteiger partial charge in [-0.1, -0.05) is 35.5 Å². The number of methoxy groups -OCH3 is 1. The smallest absolute Gasteiger partial charge is 0.257 e. The summed E-state index contributed by atoms with van der Waals surface area (Å²) in [5, 5.41) is 3.77. The number of hydrogen-bond acceptors (Lipinski definition) is 6. The highest BCUT2D eigenvalue weighted by Gasteiger charge is 2.18. The minimum atomic E-state index is -3.37. The largest absolute Gasteiger partial charge is 0.497 e. The molecule has 124 valence electrons. The molecule has 0 saturated heterocycles. The van der Waals surface area contributed by atoms with Gasteiger partial charge in [-0.05, 0) is 29.8 Å². The van der Waals surface area contributed by atoms with Crippen LogP contribution in [-0.2, 0) is 21.3 Å². The Morgan fingerprint density at radius 1 is 1.00 bits per heavy atom. The van der Waals surface area contributed by atoms with Crippen molar-refractivity contribution in [3.8, 4) is 17.2 Å². The lowest BCUT2D eigenvalue weighted by molar-refractivity contribution is 0.414. The van der Waals surface area contributed by atoms with E-state index in [0.717, 1.165) is 5.56 Å². The maximum absolute atomic E-state index is 12.3. The van der Waals surface area contributed by atoms with Gasteiger partial charge in [0.2, 0.25) is 0 Å². The molecule has 6 nitrogen and oxygen atoms in total. The topological polar surface area (TPSA) is 82.3 Å². The lowest BCUT2D eigenvalue weighted by Gasteiger charge is -2.01. The van der Waals surface area contributed by atoms with E-state index in [1.165, 1.54) is 0 Å². The van der Waals surface area contributed by atoms with Gasteiger partial charge in [0.05, 0.1) is 12.9 Å². The van der Waals surface area contributed by atoms with Gasteiger partial charge in [-0.2, -0.15) is 4.98 Å². The average molecular weight is 344 g/mol. The summed E-state index contributed by atoms with van der Waals surface area (Å²) >= 11 is 0. The van der Waals surface area contributed by atoms with Gasteiger partial charge >= 0.3 is 0 Å². The van der Waals surface area contributed by atoms with Crippen LogP contribution in [0, 0.1) is 0 Å². The molecular formula is C17H16N2O4S. The standard InChI is InChI=1S/C17H16N2O4S/c1-22-15-9-7-14(8-10-15)17-18-16(19-23-17)12-24(20,21)11-13-5-3-2-4-6-13/h2-10H,11-12H2,1H3. The van der Waals surface area contributed by atoms with Crippen molar-refractivity contribution in [1.82, 2.24) is 10.1 Å². The Hall–Kier alpha value is -2.67. The summed E-state index contributed by atoms with van der Waals surface area (Å²) in [6.07, 6.45) is 0. The molecule has 0 aliphatic rings. The predicted molar refractivity (Wildman–Crippen MR) is 89.1 cm³/mol. The molecule has 0 unspecified atom stereocenters. The molecule has 3 aromatic rings. The highest BCUT2D eigenvalue weighted by molar-refractivity contribution is 7.89. The molecule has 7 heteroatoms. The zero-order valence-corrected chi connectivity index (χ0v) is 13.9. The number of hydrogen-bond donors (Lipinski definition) is 0. The minimum absolute atomic E-state index is 0.0553. The van der Waals surface area contributed by atoms with E-state index in [0.29, 0.717) is 11.3 Å². The van der Waals surface area contributed by atoms with Crippen LogP contribution in [0.1, 0.15) is 11.4 Å². The lowest BCUT2D eigenvalue weighted by Crippen LogP contribution is -2.08. The Bertz CT molecular complexity index is 903. The van der Waals surface area contributed by atoms with Crippen LogP contribution in [0.4, 0.5) is 0 Å². The molecule has 2 aromatic carbocycles. The van der Waals surface area contributed by atoms with Gasteiger partial charge in [0.15, 0.2) is 15.7 Å². The first-order chi connectivity index (χ1) is 11.6. The zero-order valence-electron chi connectivity index (χ0n) is 13.0. The zero-order chi connectivity index (χ0) is 17.0. The van der Waals surface area contributed by atoms with Crippen LogP contribution in [0.25, 0.3) is 11.5 Å². The molecule has 3 rings (SSSR count). The minimum Gasteiger partial charge on any atom is -0.497 e. The lowest BCUT2D eigenvalue weighted by atomic mass is 10.2. The summed E-state index contributed by atoms with van der Waals surface area (Å²) < 4.78 is 34.8. The molecule has 0 spiro atoms. The molecule has 1 aromatic heterocycles. The molecule has 0 saturated carbocycles. The monoisotopic (exact) mass is 344 g/mol. The van der Waals surface area contributed by atoms with E-state index in [2.05, 4.69) is 10.1 Å². The highest BCUT2D eigenvalue weighted by atomic mass is 32.2. The van der Waals surface area contributed by atoms with Crippen LogP contribution >= 0.6 is 0 Å². The summed E-state index contributed by atoms with van der Waals surface area (Å²) in [5.74, 6) is 0.824. The molecule has 0 aliphatic carbocycles. The Morgan fingerprint density at radius 2 is 1.71 bits per heavy atom. The molecule has 0 amide bonds. The molecule has 0 fully saturated rings. The van der Waals surface area contributed by atoms with E-state index in [9.17, 15) is 8.42 Å². The molecule has 0 radical (unpaired) electrons. The van der Waals surface area contributed by atoms with E-state index in [4.69, 9.17) is 9.26 Å². The van der Waals surface area contributed by atoms with Crippen molar-refractivity contribution < 1.29 is 17.7 Å². The van der Waals surface area contributed by atoms with Crippen molar-refractivity contribution in [2.75, 3.05) is 7.11 Å². The second kappa shape index (κ2) is 6.84. The Labute approximate surface area is 140 Å². The first-order valence-electron chi connectivity index (χ1n) is 7.27. The Kier molecular flexibility index (Phi) is 4.61. The summed E-state index contributed by atoms with van der Waals surface area (Å²) in [6, 6.07) is 16.1. The average Bonchev–Trinajstić information content (AvgIpc) is 3.03. The van der Waals surface area contributed by atoms with Crippen LogP contribution in [0.15, 0.2) is 59.1 Å². The first-order valence-corrected chi connectivity index (χ1v) is 9.09. The van der Waals surface area contributed by atoms with Gasteiger partial charge in [-0.25, -0.2) is 8.42 Å². The highest BCUT2D eigenvalue weighted by Crippen LogP contribution is 2.21. The summed E-state index contributed by atoms with van der Waals surface area (Å²) in [6.45, 7) is 0. The number of benzene rings is 2. The predicted octanol–water partition coefficient (Wildman–Crippen LogP) is 2.86. The summed E-state index contributed by atoms with van der Waals surface area (Å²) in [7, 11) is -1.79. The number of rotatable bonds is 6. The Morgan fingerprint density at radius 3 is 2.38 bits per heavy atom. The fourth-order valence-corrected chi connectivity index (χ4v) is 3.55. The number of nitrogens with zero attached hydrogens (tertiary/aromatic N) is 2.